The topological polar surface area (TPSA) is 55.8 Å². The number of rotatable bonds is 2. The van der Waals surface area contributed by atoms with E-state index < -0.39 is 12.3 Å². The van der Waals surface area contributed by atoms with Crippen molar-refractivity contribution in [3.8, 4) is 0 Å². The Morgan fingerprint density at radius 2 is 2.42 bits per heavy atom. The Kier molecular flexibility index (Phi) is 2.83. The minimum atomic E-state index is -0.798. The van der Waals surface area contributed by atoms with Crippen LogP contribution < -0.4 is 0 Å². The second kappa shape index (κ2) is 3.69. The summed E-state index contributed by atoms with van der Waals surface area (Å²) >= 11 is 0. The van der Waals surface area contributed by atoms with Crippen molar-refractivity contribution < 1.29 is 19.4 Å². The summed E-state index contributed by atoms with van der Waals surface area (Å²) in [6.07, 6.45) is -0.781. The standard InChI is InChI=1S/C8H12O4/c1-5(2)8(10)12-6-3-7(9)11-4-6/h6-7,9H,1,3-4H2,2H3. The van der Waals surface area contributed by atoms with Crippen molar-refractivity contribution in [1.29, 1.82) is 0 Å². The van der Waals surface area contributed by atoms with Gasteiger partial charge in [-0.05, 0) is 6.92 Å². The SMILES string of the molecule is C=C(C)C(=O)OC1COC(O)C1. The molecule has 1 N–H and O–H groups in total. The molecule has 1 fully saturated rings. The summed E-state index contributed by atoms with van der Waals surface area (Å²) in [7, 11) is 0. The van der Waals surface area contributed by atoms with Gasteiger partial charge in [0.1, 0.15) is 6.10 Å². The molecule has 2 unspecified atom stereocenters. The van der Waals surface area contributed by atoms with Crippen molar-refractivity contribution in [2.45, 2.75) is 25.7 Å². The Morgan fingerprint density at radius 3 is 2.83 bits per heavy atom. The van der Waals surface area contributed by atoms with Gasteiger partial charge in [-0.25, -0.2) is 4.79 Å². The molecular weight excluding hydrogens is 160 g/mol. The lowest BCUT2D eigenvalue weighted by atomic mass is 10.3. The van der Waals surface area contributed by atoms with E-state index in [1.807, 2.05) is 0 Å². The maximum Gasteiger partial charge on any atom is 0.333 e. The molecule has 0 amide bonds. The van der Waals surface area contributed by atoms with E-state index in [1.54, 1.807) is 6.92 Å². The molecule has 1 heterocycles. The molecule has 2 atom stereocenters. The van der Waals surface area contributed by atoms with E-state index in [0.717, 1.165) is 0 Å². The maximum atomic E-state index is 10.9. The van der Waals surface area contributed by atoms with Crippen LogP contribution in [0.15, 0.2) is 12.2 Å². The first-order valence-corrected chi connectivity index (χ1v) is 3.75. The van der Waals surface area contributed by atoms with Crippen LogP contribution in [0.5, 0.6) is 0 Å². The molecule has 0 aromatic rings. The Bertz CT molecular complexity index is 199. The normalized spacial score (nSPS) is 28.5. The summed E-state index contributed by atoms with van der Waals surface area (Å²) in [6.45, 7) is 5.28. The van der Waals surface area contributed by atoms with Gasteiger partial charge in [0.05, 0.1) is 6.61 Å². The molecule has 0 aliphatic carbocycles. The molecule has 1 saturated heterocycles. The molecule has 68 valence electrons. The van der Waals surface area contributed by atoms with Gasteiger partial charge in [0.25, 0.3) is 0 Å². The first-order valence-electron chi connectivity index (χ1n) is 3.75. The lowest BCUT2D eigenvalue weighted by molar-refractivity contribution is -0.144. The molecule has 1 aliphatic heterocycles. The predicted octanol–water partition coefficient (Wildman–Crippen LogP) is 0.213. The smallest absolute Gasteiger partial charge is 0.333 e. The third-order valence-corrected chi connectivity index (χ3v) is 1.56. The number of esters is 1. The summed E-state index contributed by atoms with van der Waals surface area (Å²) in [5.41, 5.74) is 0.358. The molecular formula is C8H12O4. The van der Waals surface area contributed by atoms with Crippen molar-refractivity contribution in [3.63, 3.8) is 0 Å². The monoisotopic (exact) mass is 172 g/mol. The van der Waals surface area contributed by atoms with Crippen LogP contribution in [-0.4, -0.2) is 30.1 Å². The zero-order valence-corrected chi connectivity index (χ0v) is 6.95. The highest BCUT2D eigenvalue weighted by Crippen LogP contribution is 2.14. The van der Waals surface area contributed by atoms with Gasteiger partial charge in [-0.2, -0.15) is 0 Å². The van der Waals surface area contributed by atoms with E-state index >= 15 is 0 Å². The summed E-state index contributed by atoms with van der Waals surface area (Å²) < 4.78 is 9.71. The van der Waals surface area contributed by atoms with Crippen molar-refractivity contribution in [2.75, 3.05) is 6.61 Å². The van der Waals surface area contributed by atoms with Crippen LogP contribution in [0.2, 0.25) is 0 Å². The van der Waals surface area contributed by atoms with Gasteiger partial charge in [-0.1, -0.05) is 6.58 Å². The van der Waals surface area contributed by atoms with E-state index in [0.29, 0.717) is 12.0 Å². The number of carbonyl (C=O) groups excluding carboxylic acids is 1. The molecule has 4 nitrogen and oxygen atoms in total. The lowest BCUT2D eigenvalue weighted by Gasteiger charge is -2.08. The fourth-order valence-electron chi connectivity index (χ4n) is 0.913. The van der Waals surface area contributed by atoms with Crippen molar-refractivity contribution in [2.24, 2.45) is 0 Å². The van der Waals surface area contributed by atoms with Crippen LogP contribution in [0, 0.1) is 0 Å². The Labute approximate surface area is 70.8 Å². The number of hydrogen-bond acceptors (Lipinski definition) is 4. The predicted molar refractivity (Wildman–Crippen MR) is 41.3 cm³/mol. The molecule has 4 heteroatoms. The van der Waals surface area contributed by atoms with Gasteiger partial charge in [0.2, 0.25) is 0 Å². The van der Waals surface area contributed by atoms with Crippen LogP contribution in [0.4, 0.5) is 0 Å². The fourth-order valence-corrected chi connectivity index (χ4v) is 0.913. The number of aliphatic hydroxyl groups is 1. The van der Waals surface area contributed by atoms with Crippen molar-refractivity contribution in [3.05, 3.63) is 12.2 Å². The molecule has 1 aliphatic rings. The Balaban J connectivity index is 2.32. The average molecular weight is 172 g/mol. The molecule has 0 spiro atoms. The molecule has 12 heavy (non-hydrogen) atoms. The largest absolute Gasteiger partial charge is 0.456 e. The minimum Gasteiger partial charge on any atom is -0.456 e. The maximum absolute atomic E-state index is 10.9. The average Bonchev–Trinajstić information content (AvgIpc) is 2.35. The third-order valence-electron chi connectivity index (χ3n) is 1.56. The molecule has 0 aromatic carbocycles. The van der Waals surface area contributed by atoms with E-state index in [4.69, 9.17) is 14.6 Å². The van der Waals surface area contributed by atoms with E-state index in [-0.39, 0.29) is 12.7 Å². The van der Waals surface area contributed by atoms with Gasteiger partial charge in [0.15, 0.2) is 6.29 Å². The molecule has 0 radical (unpaired) electrons. The van der Waals surface area contributed by atoms with Crippen LogP contribution in [0.1, 0.15) is 13.3 Å². The van der Waals surface area contributed by atoms with E-state index in [2.05, 4.69) is 6.58 Å². The van der Waals surface area contributed by atoms with Gasteiger partial charge in [-0.15, -0.1) is 0 Å². The summed E-state index contributed by atoms with van der Waals surface area (Å²) in [5, 5.41) is 8.92. The van der Waals surface area contributed by atoms with Crippen LogP contribution in [0.3, 0.4) is 0 Å². The van der Waals surface area contributed by atoms with Crippen LogP contribution >= 0.6 is 0 Å². The quantitative estimate of drug-likeness (QED) is 0.478. The van der Waals surface area contributed by atoms with Crippen molar-refractivity contribution >= 4 is 5.97 Å². The number of aliphatic hydroxyl groups excluding tert-OH is 1. The highest BCUT2D eigenvalue weighted by molar-refractivity contribution is 5.87. The van der Waals surface area contributed by atoms with Crippen LogP contribution in [-0.2, 0) is 14.3 Å². The lowest BCUT2D eigenvalue weighted by Crippen LogP contribution is -2.18. The first kappa shape index (κ1) is 9.22. The zero-order valence-electron chi connectivity index (χ0n) is 6.95. The number of ether oxygens (including phenoxy) is 2. The van der Waals surface area contributed by atoms with E-state index in [1.165, 1.54) is 0 Å². The summed E-state index contributed by atoms with van der Waals surface area (Å²) in [4.78, 5) is 10.9. The highest BCUT2D eigenvalue weighted by atomic mass is 16.6. The van der Waals surface area contributed by atoms with Crippen molar-refractivity contribution in [1.82, 2.24) is 0 Å². The minimum absolute atomic E-state index is 0.264. The fraction of sp³-hybridized carbons (Fsp3) is 0.625. The summed E-state index contributed by atoms with van der Waals surface area (Å²) in [5.74, 6) is -0.433. The molecule has 0 aromatic heterocycles. The van der Waals surface area contributed by atoms with Gasteiger partial charge >= 0.3 is 5.97 Å². The second-order valence-corrected chi connectivity index (χ2v) is 2.83. The Hall–Kier alpha value is -0.870. The first-order chi connectivity index (χ1) is 5.59. The van der Waals surface area contributed by atoms with Gasteiger partial charge in [-0.3, -0.25) is 0 Å². The summed E-state index contributed by atoms with van der Waals surface area (Å²) in [6, 6.07) is 0. The van der Waals surface area contributed by atoms with Gasteiger partial charge < -0.3 is 14.6 Å². The highest BCUT2D eigenvalue weighted by Gasteiger charge is 2.26. The zero-order chi connectivity index (χ0) is 9.14. The molecule has 1 rings (SSSR count). The third kappa shape index (κ3) is 2.32. The van der Waals surface area contributed by atoms with Gasteiger partial charge in [0, 0.05) is 12.0 Å². The van der Waals surface area contributed by atoms with E-state index in [9.17, 15) is 4.79 Å². The number of carbonyl (C=O) groups is 1. The molecule has 0 bridgehead atoms. The Morgan fingerprint density at radius 1 is 1.75 bits per heavy atom. The van der Waals surface area contributed by atoms with Crippen LogP contribution in [0.25, 0.3) is 0 Å². The second-order valence-electron chi connectivity index (χ2n) is 2.83. The molecule has 0 saturated carbocycles. The number of hydrogen-bond donors (Lipinski definition) is 1.